The van der Waals surface area contributed by atoms with Gasteiger partial charge >= 0.3 is 0 Å². The fraction of sp³-hybridized carbons (Fsp3) is 0.0952. The second-order valence-electron chi connectivity index (χ2n) is 6.20. The topological polar surface area (TPSA) is 79.8 Å². The van der Waals surface area contributed by atoms with Gasteiger partial charge < -0.3 is 5.32 Å². The summed E-state index contributed by atoms with van der Waals surface area (Å²) in [5, 5.41) is 12.5. The van der Waals surface area contributed by atoms with E-state index in [0.717, 1.165) is 0 Å². The van der Waals surface area contributed by atoms with Crippen LogP contribution in [0.4, 0.5) is 5.69 Å². The zero-order chi connectivity index (χ0) is 21.1. The van der Waals surface area contributed by atoms with Crippen molar-refractivity contribution in [3.63, 3.8) is 0 Å². The molecule has 2 aromatic carbocycles. The highest BCUT2D eigenvalue weighted by atomic mass is 35.5. The van der Waals surface area contributed by atoms with E-state index in [1.807, 2.05) is 24.3 Å². The number of nitrogens with zero attached hydrogens (tertiary/aromatic N) is 3. The van der Waals surface area contributed by atoms with E-state index in [1.54, 1.807) is 49.0 Å². The first-order chi connectivity index (χ1) is 13.8. The molecule has 1 aromatic heterocycles. The average Bonchev–Trinajstić information content (AvgIpc) is 2.93. The van der Waals surface area contributed by atoms with E-state index < -0.39 is 11.5 Å². The maximum absolute atomic E-state index is 12.9. The maximum atomic E-state index is 12.9. The lowest BCUT2D eigenvalue weighted by atomic mass is 10.1. The van der Waals surface area contributed by atoms with Gasteiger partial charge in [-0.05, 0) is 36.8 Å². The zero-order valence-electron chi connectivity index (χ0n) is 15.6. The van der Waals surface area contributed by atoms with E-state index in [-0.39, 0.29) is 16.3 Å². The van der Waals surface area contributed by atoms with Crippen molar-refractivity contribution >= 4 is 40.9 Å². The molecule has 146 valence electrons. The molecule has 0 atom stereocenters. The lowest BCUT2D eigenvalue weighted by molar-refractivity contribution is -0.112. The van der Waals surface area contributed by atoms with E-state index in [0.29, 0.717) is 22.0 Å². The Morgan fingerprint density at radius 2 is 1.83 bits per heavy atom. The van der Waals surface area contributed by atoms with Gasteiger partial charge in [0.05, 0.1) is 21.4 Å². The van der Waals surface area contributed by atoms with Crippen LogP contribution in [0.5, 0.6) is 0 Å². The molecule has 0 aliphatic heterocycles. The molecule has 0 unspecified atom stereocenters. The van der Waals surface area contributed by atoms with Crippen molar-refractivity contribution < 1.29 is 4.79 Å². The molecular weight excluding hydrogens is 411 g/mol. The van der Waals surface area contributed by atoms with Crippen LogP contribution in [0.15, 0.2) is 58.9 Å². The number of hydrogen-bond donors (Lipinski definition) is 1. The Kier molecular flexibility index (Phi) is 5.92. The second kappa shape index (κ2) is 8.39. The number of nitriles is 1. The lowest BCUT2D eigenvalue weighted by Gasteiger charge is -2.07. The fourth-order valence-electron chi connectivity index (χ4n) is 2.83. The summed E-state index contributed by atoms with van der Waals surface area (Å²) in [4.78, 5) is 25.6. The van der Waals surface area contributed by atoms with Crippen molar-refractivity contribution in [1.29, 1.82) is 5.26 Å². The highest BCUT2D eigenvalue weighted by Crippen LogP contribution is 2.27. The zero-order valence-corrected chi connectivity index (χ0v) is 17.1. The number of benzene rings is 2. The first kappa shape index (κ1) is 20.5. The van der Waals surface area contributed by atoms with Gasteiger partial charge in [0.25, 0.3) is 11.5 Å². The predicted octanol–water partition coefficient (Wildman–Crippen LogP) is 4.34. The van der Waals surface area contributed by atoms with Crippen LogP contribution in [-0.4, -0.2) is 15.3 Å². The van der Waals surface area contributed by atoms with Gasteiger partial charge in [0.2, 0.25) is 0 Å². The molecule has 6 nitrogen and oxygen atoms in total. The minimum absolute atomic E-state index is 0.0969. The smallest absolute Gasteiger partial charge is 0.295 e. The summed E-state index contributed by atoms with van der Waals surface area (Å²) in [7, 11) is 1.71. The largest absolute Gasteiger partial charge is 0.315 e. The van der Waals surface area contributed by atoms with Crippen LogP contribution in [0.2, 0.25) is 10.0 Å². The van der Waals surface area contributed by atoms with Gasteiger partial charge in [0.15, 0.2) is 0 Å². The monoisotopic (exact) mass is 426 g/mol. The molecule has 0 bridgehead atoms. The first-order valence-corrected chi connectivity index (χ1v) is 9.32. The minimum Gasteiger partial charge on any atom is -0.315 e. The lowest BCUT2D eigenvalue weighted by Crippen LogP contribution is -2.23. The van der Waals surface area contributed by atoms with Gasteiger partial charge in [0.1, 0.15) is 17.3 Å². The molecule has 0 radical (unpaired) electrons. The highest BCUT2D eigenvalue weighted by Gasteiger charge is 2.20. The summed E-state index contributed by atoms with van der Waals surface area (Å²) >= 11 is 12.1. The van der Waals surface area contributed by atoms with E-state index in [2.05, 4.69) is 5.32 Å². The van der Waals surface area contributed by atoms with Crippen LogP contribution in [0.1, 0.15) is 11.3 Å². The van der Waals surface area contributed by atoms with E-state index in [1.165, 1.54) is 10.8 Å². The number of amides is 1. The van der Waals surface area contributed by atoms with Gasteiger partial charge in [-0.2, -0.15) is 5.26 Å². The van der Waals surface area contributed by atoms with Gasteiger partial charge in [0, 0.05) is 7.05 Å². The van der Waals surface area contributed by atoms with Crippen molar-refractivity contribution in [1.82, 2.24) is 9.36 Å². The number of aromatic nitrogens is 2. The number of nitrogens with one attached hydrogen (secondary N) is 1. The Labute approximate surface area is 177 Å². The Balaban J connectivity index is 1.99. The fourth-order valence-corrected chi connectivity index (χ4v) is 3.19. The van der Waals surface area contributed by atoms with Crippen LogP contribution < -0.4 is 10.9 Å². The van der Waals surface area contributed by atoms with Crippen molar-refractivity contribution in [3.8, 4) is 11.8 Å². The van der Waals surface area contributed by atoms with Crippen LogP contribution in [0.3, 0.4) is 0 Å². The molecule has 0 spiro atoms. The number of rotatable bonds is 4. The third-order valence-corrected chi connectivity index (χ3v) is 5.27. The van der Waals surface area contributed by atoms with Crippen molar-refractivity contribution in [3.05, 3.63) is 85.8 Å². The third-order valence-electron chi connectivity index (χ3n) is 4.44. The minimum atomic E-state index is -0.713. The second-order valence-corrected chi connectivity index (χ2v) is 6.99. The number of para-hydroxylation sites is 1. The van der Waals surface area contributed by atoms with Gasteiger partial charge in [-0.15, -0.1) is 0 Å². The van der Waals surface area contributed by atoms with Crippen LogP contribution in [-0.2, 0) is 11.8 Å². The molecule has 8 heteroatoms. The number of halogens is 2. The molecule has 0 aliphatic carbocycles. The quantitative estimate of drug-likeness (QED) is 0.497. The van der Waals surface area contributed by atoms with Crippen molar-refractivity contribution in [2.75, 3.05) is 5.32 Å². The molecule has 0 saturated carbocycles. The Morgan fingerprint density at radius 3 is 2.48 bits per heavy atom. The van der Waals surface area contributed by atoms with Gasteiger partial charge in [-0.25, -0.2) is 4.68 Å². The maximum Gasteiger partial charge on any atom is 0.295 e. The molecule has 3 rings (SSSR count). The molecule has 0 saturated heterocycles. The molecule has 1 amide bonds. The molecule has 0 aliphatic rings. The number of hydrogen-bond acceptors (Lipinski definition) is 3. The number of carbonyl (C=O) groups excluding carboxylic acids is 1. The Morgan fingerprint density at radius 1 is 1.14 bits per heavy atom. The SMILES string of the molecule is Cc1c(NC(=O)/C(C#N)=C/c2cccc(Cl)c2Cl)c(=O)n(-c2ccccc2)n1C. The Bertz CT molecular complexity index is 1220. The van der Waals surface area contributed by atoms with Crippen LogP contribution in [0, 0.1) is 18.3 Å². The van der Waals surface area contributed by atoms with E-state index in [4.69, 9.17) is 23.2 Å². The highest BCUT2D eigenvalue weighted by molar-refractivity contribution is 6.43. The molecule has 0 fully saturated rings. The summed E-state index contributed by atoms with van der Waals surface area (Å²) < 4.78 is 3.07. The summed E-state index contributed by atoms with van der Waals surface area (Å²) in [5.41, 5.74) is 1.12. The summed E-state index contributed by atoms with van der Waals surface area (Å²) in [5.74, 6) is -0.713. The van der Waals surface area contributed by atoms with Crippen LogP contribution in [0.25, 0.3) is 11.8 Å². The van der Waals surface area contributed by atoms with Crippen molar-refractivity contribution in [2.24, 2.45) is 7.05 Å². The summed E-state index contributed by atoms with van der Waals surface area (Å²) in [6.45, 7) is 1.71. The average molecular weight is 427 g/mol. The molecule has 1 N–H and O–H groups in total. The third kappa shape index (κ3) is 3.97. The molecule has 29 heavy (non-hydrogen) atoms. The Hall–Kier alpha value is -3.27. The van der Waals surface area contributed by atoms with Gasteiger partial charge in [-0.3, -0.25) is 14.3 Å². The normalized spacial score (nSPS) is 11.2. The van der Waals surface area contributed by atoms with Gasteiger partial charge in [-0.1, -0.05) is 53.5 Å². The van der Waals surface area contributed by atoms with E-state index in [9.17, 15) is 14.9 Å². The summed E-state index contributed by atoms with van der Waals surface area (Å²) in [6, 6.07) is 15.8. The predicted molar refractivity (Wildman–Crippen MR) is 114 cm³/mol. The van der Waals surface area contributed by atoms with E-state index >= 15 is 0 Å². The molecule has 1 heterocycles. The van der Waals surface area contributed by atoms with Crippen LogP contribution >= 0.6 is 23.2 Å². The number of carbonyl (C=O) groups is 1. The summed E-state index contributed by atoms with van der Waals surface area (Å²) in [6.07, 6.45) is 1.33. The number of anilines is 1. The molecule has 3 aromatic rings. The first-order valence-electron chi connectivity index (χ1n) is 8.56. The standard InChI is InChI=1S/C21H16Cl2N4O2/c1-13-19(21(29)27(26(13)2)16-8-4-3-5-9-16)25-20(28)15(12-24)11-14-7-6-10-17(22)18(14)23/h3-11H,1-2H3,(H,25,28)/b15-11+. The molecular formula is C21H16Cl2N4O2. The van der Waals surface area contributed by atoms with Crippen molar-refractivity contribution in [2.45, 2.75) is 6.92 Å².